The van der Waals surface area contributed by atoms with Crippen LogP contribution in [0.5, 0.6) is 0 Å². The summed E-state index contributed by atoms with van der Waals surface area (Å²) in [5.41, 5.74) is 3.72. The summed E-state index contributed by atoms with van der Waals surface area (Å²) in [7, 11) is 0. The Labute approximate surface area is 128 Å². The van der Waals surface area contributed by atoms with Gasteiger partial charge < -0.3 is 10.1 Å². The van der Waals surface area contributed by atoms with Crippen LogP contribution in [-0.4, -0.2) is 53.1 Å². The number of hydrogen-bond donors (Lipinski definition) is 1. The Hall–Kier alpha value is -0.910. The summed E-state index contributed by atoms with van der Waals surface area (Å²) in [6.07, 6.45) is 0.242. The normalized spacial score (nSPS) is 20.4. The van der Waals surface area contributed by atoms with Gasteiger partial charge in [-0.2, -0.15) is 5.10 Å². The second-order valence-electron chi connectivity index (χ2n) is 6.19. The average Bonchev–Trinajstić information content (AvgIpc) is 2.72. The minimum absolute atomic E-state index is 0.242. The molecule has 2 heterocycles. The molecule has 1 aromatic rings. The molecule has 2 rings (SSSR count). The summed E-state index contributed by atoms with van der Waals surface area (Å²) in [5, 5.41) is 8.10. The Morgan fingerprint density at radius 1 is 1.38 bits per heavy atom. The number of nitrogens with one attached hydrogen (secondary N) is 1. The maximum absolute atomic E-state index is 5.93. The Morgan fingerprint density at radius 3 is 2.81 bits per heavy atom. The van der Waals surface area contributed by atoms with E-state index in [0.717, 1.165) is 45.0 Å². The highest BCUT2D eigenvalue weighted by atomic mass is 16.5. The van der Waals surface area contributed by atoms with Crippen molar-refractivity contribution in [1.29, 1.82) is 0 Å². The molecule has 0 radical (unpaired) electrons. The van der Waals surface area contributed by atoms with Gasteiger partial charge in [0.15, 0.2) is 0 Å². The van der Waals surface area contributed by atoms with Crippen LogP contribution >= 0.6 is 0 Å². The van der Waals surface area contributed by atoms with Gasteiger partial charge in [-0.25, -0.2) is 0 Å². The standard InChI is InChI=1S/C16H30N4O/c1-6-17-9-16-13(4)18-20(14(16)5)11-15-10-19(12(2)3)7-8-21-15/h12,15,17H,6-11H2,1-5H3. The molecular weight excluding hydrogens is 264 g/mol. The maximum atomic E-state index is 5.93. The van der Waals surface area contributed by atoms with Crippen molar-refractivity contribution in [2.75, 3.05) is 26.2 Å². The minimum atomic E-state index is 0.242. The lowest BCUT2D eigenvalue weighted by molar-refractivity contribution is -0.0472. The van der Waals surface area contributed by atoms with E-state index in [-0.39, 0.29) is 6.10 Å². The van der Waals surface area contributed by atoms with Crippen LogP contribution in [0.2, 0.25) is 0 Å². The first-order valence-corrected chi connectivity index (χ1v) is 8.12. The molecule has 1 aromatic heterocycles. The number of nitrogens with zero attached hydrogens (tertiary/aromatic N) is 3. The van der Waals surface area contributed by atoms with Crippen LogP contribution in [0, 0.1) is 13.8 Å². The lowest BCUT2D eigenvalue weighted by atomic mass is 10.2. The summed E-state index contributed by atoms with van der Waals surface area (Å²) in [6.45, 7) is 16.5. The number of ether oxygens (including phenoxy) is 1. The third kappa shape index (κ3) is 4.05. The van der Waals surface area contributed by atoms with Crippen molar-refractivity contribution in [2.45, 2.75) is 59.9 Å². The fourth-order valence-electron chi connectivity index (χ4n) is 2.93. The summed E-state index contributed by atoms with van der Waals surface area (Å²) in [5.74, 6) is 0. The Bertz CT molecular complexity index is 455. The van der Waals surface area contributed by atoms with Crippen molar-refractivity contribution in [3.05, 3.63) is 17.0 Å². The predicted molar refractivity (Wildman–Crippen MR) is 85.5 cm³/mol. The van der Waals surface area contributed by atoms with Crippen LogP contribution in [0.4, 0.5) is 0 Å². The second-order valence-corrected chi connectivity index (χ2v) is 6.19. The molecule has 1 aliphatic heterocycles. The summed E-state index contributed by atoms with van der Waals surface area (Å²) in [4.78, 5) is 2.49. The van der Waals surface area contributed by atoms with Crippen molar-refractivity contribution < 1.29 is 4.74 Å². The molecule has 1 N–H and O–H groups in total. The molecule has 1 saturated heterocycles. The molecule has 1 aliphatic rings. The monoisotopic (exact) mass is 294 g/mol. The Morgan fingerprint density at radius 2 is 2.14 bits per heavy atom. The van der Waals surface area contributed by atoms with Gasteiger partial charge in [-0.05, 0) is 34.2 Å². The first-order valence-electron chi connectivity index (χ1n) is 8.12. The zero-order valence-corrected chi connectivity index (χ0v) is 14.1. The first-order chi connectivity index (χ1) is 10.0. The van der Waals surface area contributed by atoms with E-state index in [1.807, 2.05) is 0 Å². The molecule has 0 aliphatic carbocycles. The van der Waals surface area contributed by atoms with Crippen LogP contribution in [0.3, 0.4) is 0 Å². The SMILES string of the molecule is CCNCc1c(C)nn(CC2CN(C(C)C)CCO2)c1C. The molecule has 0 spiro atoms. The van der Waals surface area contributed by atoms with E-state index in [0.29, 0.717) is 6.04 Å². The molecule has 5 nitrogen and oxygen atoms in total. The van der Waals surface area contributed by atoms with E-state index in [1.54, 1.807) is 0 Å². The molecule has 1 fully saturated rings. The number of rotatable bonds is 6. The highest BCUT2D eigenvalue weighted by Gasteiger charge is 2.24. The molecule has 120 valence electrons. The van der Waals surface area contributed by atoms with E-state index < -0.39 is 0 Å². The molecule has 21 heavy (non-hydrogen) atoms. The number of aromatic nitrogens is 2. The van der Waals surface area contributed by atoms with Crippen LogP contribution in [0.1, 0.15) is 37.7 Å². The van der Waals surface area contributed by atoms with E-state index in [9.17, 15) is 0 Å². The number of aryl methyl sites for hydroxylation is 1. The van der Waals surface area contributed by atoms with Crippen molar-refractivity contribution in [3.63, 3.8) is 0 Å². The smallest absolute Gasteiger partial charge is 0.0898 e. The first kappa shape index (κ1) is 16.5. The molecule has 0 aromatic carbocycles. The molecule has 5 heteroatoms. The molecular formula is C16H30N4O. The van der Waals surface area contributed by atoms with Gasteiger partial charge in [0.1, 0.15) is 0 Å². The predicted octanol–water partition coefficient (Wildman–Crippen LogP) is 1.72. The third-order valence-electron chi connectivity index (χ3n) is 4.36. The maximum Gasteiger partial charge on any atom is 0.0898 e. The van der Waals surface area contributed by atoms with Gasteiger partial charge >= 0.3 is 0 Å². The van der Waals surface area contributed by atoms with E-state index >= 15 is 0 Å². The average molecular weight is 294 g/mol. The molecule has 1 atom stereocenters. The lowest BCUT2D eigenvalue weighted by Gasteiger charge is -2.35. The quantitative estimate of drug-likeness (QED) is 0.867. The highest BCUT2D eigenvalue weighted by Crippen LogP contribution is 2.16. The number of hydrogen-bond acceptors (Lipinski definition) is 4. The van der Waals surface area contributed by atoms with Crippen molar-refractivity contribution in [1.82, 2.24) is 20.0 Å². The third-order valence-corrected chi connectivity index (χ3v) is 4.36. The topological polar surface area (TPSA) is 42.3 Å². The van der Waals surface area contributed by atoms with Gasteiger partial charge in [0, 0.05) is 36.9 Å². The Kier molecular flexibility index (Phi) is 5.79. The summed E-state index contributed by atoms with van der Waals surface area (Å²) >= 11 is 0. The van der Waals surface area contributed by atoms with E-state index in [4.69, 9.17) is 9.84 Å². The van der Waals surface area contributed by atoms with E-state index in [1.165, 1.54) is 11.3 Å². The highest BCUT2D eigenvalue weighted by molar-refractivity contribution is 5.24. The zero-order valence-electron chi connectivity index (χ0n) is 14.1. The fraction of sp³-hybridized carbons (Fsp3) is 0.812. The second kappa shape index (κ2) is 7.38. The van der Waals surface area contributed by atoms with Gasteiger partial charge in [0.25, 0.3) is 0 Å². The van der Waals surface area contributed by atoms with Crippen LogP contribution in [0.15, 0.2) is 0 Å². The summed E-state index contributed by atoms with van der Waals surface area (Å²) < 4.78 is 8.05. The largest absolute Gasteiger partial charge is 0.374 e. The molecule has 0 bridgehead atoms. The number of morpholine rings is 1. The Balaban J connectivity index is 2.02. The van der Waals surface area contributed by atoms with Crippen molar-refractivity contribution in [2.24, 2.45) is 0 Å². The van der Waals surface area contributed by atoms with Gasteiger partial charge in [-0.3, -0.25) is 9.58 Å². The molecule has 1 unspecified atom stereocenters. The van der Waals surface area contributed by atoms with Gasteiger partial charge in [0.2, 0.25) is 0 Å². The van der Waals surface area contributed by atoms with E-state index in [2.05, 4.69) is 49.5 Å². The van der Waals surface area contributed by atoms with Crippen LogP contribution in [0.25, 0.3) is 0 Å². The zero-order chi connectivity index (χ0) is 15.4. The molecule has 0 amide bonds. The van der Waals surface area contributed by atoms with Gasteiger partial charge in [-0.15, -0.1) is 0 Å². The summed E-state index contributed by atoms with van der Waals surface area (Å²) in [6, 6.07) is 0.584. The van der Waals surface area contributed by atoms with Gasteiger partial charge in [0.05, 0.1) is 24.9 Å². The van der Waals surface area contributed by atoms with Crippen molar-refractivity contribution >= 4 is 0 Å². The fourth-order valence-corrected chi connectivity index (χ4v) is 2.93. The minimum Gasteiger partial charge on any atom is -0.374 e. The van der Waals surface area contributed by atoms with Crippen molar-refractivity contribution in [3.8, 4) is 0 Å². The van der Waals surface area contributed by atoms with Crippen LogP contribution in [-0.2, 0) is 17.8 Å². The lowest BCUT2D eigenvalue weighted by Crippen LogP contribution is -2.47. The van der Waals surface area contributed by atoms with Gasteiger partial charge in [-0.1, -0.05) is 6.92 Å². The van der Waals surface area contributed by atoms with Crippen LogP contribution < -0.4 is 5.32 Å². The molecule has 0 saturated carbocycles.